The van der Waals surface area contributed by atoms with E-state index >= 15 is 0 Å². The molecule has 2 aromatic heterocycles. The van der Waals surface area contributed by atoms with E-state index in [-0.39, 0.29) is 11.8 Å². The van der Waals surface area contributed by atoms with Gasteiger partial charge in [-0.25, -0.2) is 0 Å². The molecule has 0 aliphatic carbocycles. The van der Waals surface area contributed by atoms with Gasteiger partial charge in [0.2, 0.25) is 5.91 Å². The summed E-state index contributed by atoms with van der Waals surface area (Å²) in [5.41, 5.74) is 2.63. The minimum Gasteiger partial charge on any atom is -0.350 e. The standard InChI is InChI=1S/C15H21BrClN5O/c1-5-21-13(12(16)6-19-21)7-18-15(23)9(2)8-22-11(4)14(17)10(3)20-22/h6,9H,5,7-8H2,1-4H3,(H,18,23). The molecule has 126 valence electrons. The van der Waals surface area contributed by atoms with Crippen molar-refractivity contribution in [3.8, 4) is 0 Å². The van der Waals surface area contributed by atoms with E-state index in [1.165, 1.54) is 0 Å². The van der Waals surface area contributed by atoms with Gasteiger partial charge in [-0.15, -0.1) is 0 Å². The highest BCUT2D eigenvalue weighted by molar-refractivity contribution is 9.10. The zero-order valence-corrected chi connectivity index (χ0v) is 16.1. The molecular formula is C15H21BrClN5O. The van der Waals surface area contributed by atoms with E-state index < -0.39 is 0 Å². The number of nitrogens with one attached hydrogen (secondary N) is 1. The summed E-state index contributed by atoms with van der Waals surface area (Å²) in [6.45, 7) is 9.36. The third-order valence-corrected chi connectivity index (χ3v) is 5.02. The molecular weight excluding hydrogens is 382 g/mol. The van der Waals surface area contributed by atoms with Crippen molar-refractivity contribution < 1.29 is 4.79 Å². The van der Waals surface area contributed by atoms with Gasteiger partial charge in [-0.05, 0) is 36.7 Å². The minimum atomic E-state index is -0.208. The number of aryl methyl sites for hydroxylation is 2. The van der Waals surface area contributed by atoms with Gasteiger partial charge in [0.05, 0.1) is 51.8 Å². The van der Waals surface area contributed by atoms with Gasteiger partial charge in [0, 0.05) is 6.54 Å². The normalized spacial score (nSPS) is 12.4. The summed E-state index contributed by atoms with van der Waals surface area (Å²) in [4.78, 5) is 12.3. The summed E-state index contributed by atoms with van der Waals surface area (Å²) in [6, 6.07) is 0. The van der Waals surface area contributed by atoms with Crippen molar-refractivity contribution in [2.75, 3.05) is 0 Å². The lowest BCUT2D eigenvalue weighted by Gasteiger charge is -2.14. The fraction of sp³-hybridized carbons (Fsp3) is 0.533. The van der Waals surface area contributed by atoms with E-state index in [0.29, 0.717) is 18.1 Å². The maximum absolute atomic E-state index is 12.3. The molecule has 1 N–H and O–H groups in total. The van der Waals surface area contributed by atoms with E-state index in [1.54, 1.807) is 10.9 Å². The van der Waals surface area contributed by atoms with Crippen molar-refractivity contribution in [3.05, 3.63) is 32.8 Å². The molecule has 0 fully saturated rings. The van der Waals surface area contributed by atoms with Crippen LogP contribution in [0.2, 0.25) is 5.02 Å². The van der Waals surface area contributed by atoms with Crippen LogP contribution in [0.3, 0.4) is 0 Å². The fourth-order valence-corrected chi connectivity index (χ4v) is 2.95. The second kappa shape index (κ2) is 7.49. The Morgan fingerprint density at radius 1 is 1.43 bits per heavy atom. The Kier molecular flexibility index (Phi) is 5.86. The molecule has 0 spiro atoms. The molecule has 2 heterocycles. The van der Waals surface area contributed by atoms with E-state index in [9.17, 15) is 4.79 Å². The van der Waals surface area contributed by atoms with Crippen LogP contribution in [0.4, 0.5) is 0 Å². The minimum absolute atomic E-state index is 0.0237. The van der Waals surface area contributed by atoms with Gasteiger partial charge in [0.15, 0.2) is 0 Å². The van der Waals surface area contributed by atoms with Crippen molar-refractivity contribution >= 4 is 33.4 Å². The number of carbonyl (C=O) groups excluding carboxylic acids is 1. The summed E-state index contributed by atoms with van der Waals surface area (Å²) in [5.74, 6) is -0.231. The Hall–Kier alpha value is -1.34. The molecule has 0 aromatic carbocycles. The number of hydrogen-bond acceptors (Lipinski definition) is 3. The molecule has 0 radical (unpaired) electrons. The van der Waals surface area contributed by atoms with E-state index in [4.69, 9.17) is 11.6 Å². The number of carbonyl (C=O) groups is 1. The fourth-order valence-electron chi connectivity index (χ4n) is 2.38. The summed E-state index contributed by atoms with van der Waals surface area (Å²) < 4.78 is 4.54. The Labute approximate surface area is 149 Å². The molecule has 8 heteroatoms. The van der Waals surface area contributed by atoms with Gasteiger partial charge in [-0.1, -0.05) is 18.5 Å². The molecule has 1 unspecified atom stereocenters. The number of halogens is 2. The first-order valence-corrected chi connectivity index (χ1v) is 8.69. The number of hydrogen-bond donors (Lipinski definition) is 1. The molecule has 23 heavy (non-hydrogen) atoms. The van der Waals surface area contributed by atoms with Gasteiger partial charge in [0.1, 0.15) is 0 Å². The largest absolute Gasteiger partial charge is 0.350 e. The Balaban J connectivity index is 1.97. The zero-order chi connectivity index (χ0) is 17.1. The smallest absolute Gasteiger partial charge is 0.225 e. The van der Waals surface area contributed by atoms with E-state index in [1.807, 2.05) is 32.4 Å². The Morgan fingerprint density at radius 2 is 2.13 bits per heavy atom. The van der Waals surface area contributed by atoms with Crippen molar-refractivity contribution in [2.24, 2.45) is 5.92 Å². The highest BCUT2D eigenvalue weighted by atomic mass is 79.9. The summed E-state index contributed by atoms with van der Waals surface area (Å²) >= 11 is 9.60. The number of rotatable bonds is 6. The van der Waals surface area contributed by atoms with Crippen molar-refractivity contribution in [3.63, 3.8) is 0 Å². The first kappa shape index (κ1) is 18.0. The maximum Gasteiger partial charge on any atom is 0.225 e. The van der Waals surface area contributed by atoms with Crippen molar-refractivity contribution in [2.45, 2.75) is 47.3 Å². The molecule has 1 atom stereocenters. The number of amides is 1. The van der Waals surface area contributed by atoms with Gasteiger partial charge in [-0.2, -0.15) is 10.2 Å². The monoisotopic (exact) mass is 401 g/mol. The van der Waals surface area contributed by atoms with Crippen LogP contribution in [-0.4, -0.2) is 25.5 Å². The van der Waals surface area contributed by atoms with Crippen molar-refractivity contribution in [1.82, 2.24) is 24.9 Å². The van der Waals surface area contributed by atoms with Crippen LogP contribution in [0.15, 0.2) is 10.7 Å². The van der Waals surface area contributed by atoms with Crippen LogP contribution >= 0.6 is 27.5 Å². The topological polar surface area (TPSA) is 64.7 Å². The predicted octanol–water partition coefficient (Wildman–Crippen LogP) is 3.08. The molecule has 0 bridgehead atoms. The summed E-state index contributed by atoms with van der Waals surface area (Å²) in [7, 11) is 0. The second-order valence-electron chi connectivity index (χ2n) is 5.54. The highest BCUT2D eigenvalue weighted by Crippen LogP contribution is 2.20. The van der Waals surface area contributed by atoms with Crippen LogP contribution in [0.5, 0.6) is 0 Å². The number of nitrogens with zero attached hydrogens (tertiary/aromatic N) is 4. The maximum atomic E-state index is 12.3. The molecule has 0 saturated heterocycles. The molecule has 0 aliphatic rings. The van der Waals surface area contributed by atoms with E-state index in [2.05, 4.69) is 31.4 Å². The van der Waals surface area contributed by atoms with Crippen LogP contribution in [0, 0.1) is 19.8 Å². The van der Waals surface area contributed by atoms with E-state index in [0.717, 1.165) is 28.1 Å². The molecule has 6 nitrogen and oxygen atoms in total. The first-order valence-electron chi connectivity index (χ1n) is 7.52. The van der Waals surface area contributed by atoms with Gasteiger partial charge < -0.3 is 5.32 Å². The highest BCUT2D eigenvalue weighted by Gasteiger charge is 2.18. The zero-order valence-electron chi connectivity index (χ0n) is 13.7. The third-order valence-electron chi connectivity index (χ3n) is 3.81. The number of aromatic nitrogens is 4. The lowest BCUT2D eigenvalue weighted by Crippen LogP contribution is -2.32. The third kappa shape index (κ3) is 3.95. The summed E-state index contributed by atoms with van der Waals surface area (Å²) in [6.07, 6.45) is 1.74. The molecule has 0 aliphatic heterocycles. The van der Waals surface area contributed by atoms with Gasteiger partial charge >= 0.3 is 0 Å². The predicted molar refractivity (Wildman–Crippen MR) is 93.3 cm³/mol. The first-order chi connectivity index (χ1) is 10.8. The van der Waals surface area contributed by atoms with Gasteiger partial charge in [0.25, 0.3) is 0 Å². The molecule has 2 aromatic rings. The summed E-state index contributed by atoms with van der Waals surface area (Å²) in [5, 5.41) is 12.2. The van der Waals surface area contributed by atoms with Crippen LogP contribution in [-0.2, 0) is 24.4 Å². The average Bonchev–Trinajstić information content (AvgIpc) is 3.00. The molecule has 2 rings (SSSR count). The van der Waals surface area contributed by atoms with Crippen LogP contribution < -0.4 is 5.32 Å². The lowest BCUT2D eigenvalue weighted by atomic mass is 10.1. The SMILES string of the molecule is CCn1ncc(Br)c1CNC(=O)C(C)Cn1nc(C)c(Cl)c1C. The van der Waals surface area contributed by atoms with Crippen molar-refractivity contribution in [1.29, 1.82) is 0 Å². The molecule has 1 amide bonds. The van der Waals surface area contributed by atoms with Gasteiger partial charge in [-0.3, -0.25) is 14.2 Å². The second-order valence-corrected chi connectivity index (χ2v) is 6.77. The quantitative estimate of drug-likeness (QED) is 0.807. The molecule has 0 saturated carbocycles. The lowest BCUT2D eigenvalue weighted by molar-refractivity contribution is -0.125. The Morgan fingerprint density at radius 3 is 2.70 bits per heavy atom. The van der Waals surface area contributed by atoms with Crippen LogP contribution in [0.1, 0.15) is 30.9 Å². The average molecular weight is 403 g/mol. The van der Waals surface area contributed by atoms with Crippen LogP contribution in [0.25, 0.3) is 0 Å². The Bertz CT molecular complexity index is 709.